The van der Waals surface area contributed by atoms with Gasteiger partial charge in [-0.3, -0.25) is 4.68 Å². The second-order valence-electron chi connectivity index (χ2n) is 1.21. The van der Waals surface area contributed by atoms with Gasteiger partial charge >= 0.3 is 0 Å². The van der Waals surface area contributed by atoms with Crippen molar-refractivity contribution in [1.82, 2.24) is 9.78 Å². The van der Waals surface area contributed by atoms with Gasteiger partial charge in [-0.25, -0.2) is 0 Å². The van der Waals surface area contributed by atoms with Crippen molar-refractivity contribution in [3.8, 4) is 0 Å². The van der Waals surface area contributed by atoms with Crippen molar-refractivity contribution in [1.29, 1.82) is 0 Å². The fourth-order valence-electron chi connectivity index (χ4n) is 0.332. The Bertz CT molecular complexity index is 249. The van der Waals surface area contributed by atoms with Crippen LogP contribution < -0.4 is 0 Å². The predicted octanol–water partition coefficient (Wildman–Crippen LogP) is 1.32. The molecule has 1 rings (SSSR count). The third-order valence-electron chi connectivity index (χ3n) is 0.628. The minimum Gasteiger partial charge on any atom is -0.272 e. The van der Waals surface area contributed by atoms with Gasteiger partial charge in [0.15, 0.2) is 0 Å². The highest BCUT2D eigenvalue weighted by molar-refractivity contribution is 9.10. The second kappa shape index (κ2) is 1.85. The summed E-state index contributed by atoms with van der Waals surface area (Å²) < 4.78 is 33.6. The van der Waals surface area contributed by atoms with Gasteiger partial charge in [-0.2, -0.15) is 4.39 Å². The molecule has 8 heavy (non-hydrogen) atoms. The molecule has 0 aliphatic heterocycles. The smallest absolute Gasteiger partial charge is 0.246 e. The van der Waals surface area contributed by atoms with E-state index in [1.165, 1.54) is 0 Å². The van der Waals surface area contributed by atoms with Gasteiger partial charge in [0.2, 0.25) is 5.95 Å². The van der Waals surface area contributed by atoms with Crippen molar-refractivity contribution >= 4 is 15.9 Å². The first-order valence-corrected chi connectivity index (χ1v) is 2.62. The fraction of sp³-hybridized carbons (Fsp3) is 0.250. The predicted molar refractivity (Wildman–Crippen MR) is 30.9 cm³/mol. The molecule has 0 spiro atoms. The van der Waals surface area contributed by atoms with Gasteiger partial charge in [0.05, 0.1) is 4.47 Å². The first-order chi connectivity index (χ1) is 4.91. The molecule has 1 aromatic heterocycles. The van der Waals surface area contributed by atoms with Crippen LogP contribution in [0.15, 0.2) is 10.7 Å². The highest BCUT2D eigenvalue weighted by Gasteiger charge is 1.99. The molecule has 0 N–H and O–H groups in total. The molecular formula is C4H4BrFN2. The Morgan fingerprint density at radius 3 is 3.12 bits per heavy atom. The summed E-state index contributed by atoms with van der Waals surface area (Å²) in [7, 11) is 0. The van der Waals surface area contributed by atoms with Crippen LogP contribution in [0, 0.1) is 5.95 Å². The summed E-state index contributed by atoms with van der Waals surface area (Å²) in [6.07, 6.45) is 1.07. The molecule has 1 heterocycles. The second-order valence-corrected chi connectivity index (χ2v) is 2.07. The molecule has 2 nitrogen and oxygen atoms in total. The zero-order chi connectivity index (χ0) is 8.65. The van der Waals surface area contributed by atoms with Crippen LogP contribution in [0.2, 0.25) is 0 Å². The maximum atomic E-state index is 12.4. The monoisotopic (exact) mass is 181 g/mol. The molecule has 0 aromatic carbocycles. The lowest BCUT2D eigenvalue weighted by Gasteiger charge is -1.77. The van der Waals surface area contributed by atoms with Crippen LogP contribution >= 0.6 is 15.9 Å². The minimum atomic E-state index is -2.41. The van der Waals surface area contributed by atoms with E-state index in [0.717, 1.165) is 6.20 Å². The van der Waals surface area contributed by atoms with Crippen LogP contribution in [-0.4, -0.2) is 9.78 Å². The van der Waals surface area contributed by atoms with E-state index in [1.807, 2.05) is 0 Å². The number of hydrogen-bond donors (Lipinski definition) is 0. The molecule has 0 bridgehead atoms. The van der Waals surface area contributed by atoms with Crippen LogP contribution in [0.3, 0.4) is 0 Å². The third-order valence-corrected chi connectivity index (χ3v) is 1.16. The minimum absolute atomic E-state index is 0.0497. The van der Waals surface area contributed by atoms with Gasteiger partial charge in [-0.1, -0.05) is 0 Å². The molecular weight excluding hydrogens is 175 g/mol. The Kier molecular flexibility index (Phi) is 0.686. The van der Waals surface area contributed by atoms with Crippen molar-refractivity contribution in [3.63, 3.8) is 0 Å². The van der Waals surface area contributed by atoms with Crippen molar-refractivity contribution in [3.05, 3.63) is 16.6 Å². The molecule has 0 saturated heterocycles. The summed E-state index contributed by atoms with van der Waals surface area (Å²) >= 11 is 2.80. The van der Waals surface area contributed by atoms with Gasteiger partial charge in [-0.15, -0.1) is 5.10 Å². The first-order valence-electron chi connectivity index (χ1n) is 3.32. The van der Waals surface area contributed by atoms with Gasteiger partial charge in [-0.05, 0) is 15.9 Å². The molecule has 0 saturated carbocycles. The highest BCUT2D eigenvalue weighted by Crippen LogP contribution is 2.10. The number of aryl methyl sites for hydroxylation is 1. The van der Waals surface area contributed by atoms with Crippen molar-refractivity contribution < 1.29 is 8.50 Å². The van der Waals surface area contributed by atoms with Gasteiger partial charge in [0, 0.05) is 17.3 Å². The summed E-state index contributed by atoms with van der Waals surface area (Å²) in [6.45, 7) is -2.41. The maximum absolute atomic E-state index is 12.4. The van der Waals surface area contributed by atoms with E-state index < -0.39 is 12.9 Å². The molecule has 4 heteroatoms. The Morgan fingerprint density at radius 1 is 2.12 bits per heavy atom. The van der Waals surface area contributed by atoms with Crippen molar-refractivity contribution in [2.45, 2.75) is 0 Å². The van der Waals surface area contributed by atoms with E-state index in [1.54, 1.807) is 0 Å². The number of nitrogens with zero attached hydrogens (tertiary/aromatic N) is 2. The van der Waals surface area contributed by atoms with Crippen LogP contribution in [0.25, 0.3) is 0 Å². The maximum Gasteiger partial charge on any atom is 0.246 e. The standard InChI is InChI=1S/C4H4BrFN2/c1-8-2-3(5)4(6)7-8/h2H,1H3/i1D3. The van der Waals surface area contributed by atoms with E-state index in [-0.39, 0.29) is 4.47 Å². The fourth-order valence-corrected chi connectivity index (χ4v) is 0.605. The summed E-state index contributed by atoms with van der Waals surface area (Å²) in [5.41, 5.74) is 0. The lowest BCUT2D eigenvalue weighted by atomic mass is 10.7. The van der Waals surface area contributed by atoms with E-state index in [4.69, 9.17) is 4.11 Å². The van der Waals surface area contributed by atoms with Gasteiger partial charge in [0.1, 0.15) is 0 Å². The van der Waals surface area contributed by atoms with Gasteiger partial charge in [0.25, 0.3) is 0 Å². The average molecular weight is 182 g/mol. The SMILES string of the molecule is [2H]C([2H])([2H])n1cc(Br)c(F)n1. The van der Waals surface area contributed by atoms with E-state index in [0.29, 0.717) is 4.68 Å². The topological polar surface area (TPSA) is 17.8 Å². The molecule has 0 radical (unpaired) electrons. The Labute approximate surface area is 58.7 Å². The quantitative estimate of drug-likeness (QED) is 0.591. The zero-order valence-corrected chi connectivity index (χ0v) is 5.31. The van der Waals surface area contributed by atoms with Crippen LogP contribution in [0.1, 0.15) is 4.11 Å². The Balaban J connectivity index is 3.08. The molecule has 0 aliphatic carbocycles. The lowest BCUT2D eigenvalue weighted by Crippen LogP contribution is -1.86. The number of hydrogen-bond acceptors (Lipinski definition) is 1. The summed E-state index contributed by atoms with van der Waals surface area (Å²) in [6, 6.07) is 0. The lowest BCUT2D eigenvalue weighted by molar-refractivity contribution is 0.550. The van der Waals surface area contributed by atoms with Crippen LogP contribution in [-0.2, 0) is 6.98 Å². The van der Waals surface area contributed by atoms with Crippen molar-refractivity contribution in [2.24, 2.45) is 6.98 Å². The average Bonchev–Trinajstić information content (AvgIpc) is 2.11. The molecule has 0 fully saturated rings. The number of aromatic nitrogens is 2. The third kappa shape index (κ3) is 0.888. The summed E-state index contributed by atoms with van der Waals surface area (Å²) in [5.74, 6) is -0.818. The number of rotatable bonds is 0. The zero-order valence-electron chi connectivity index (χ0n) is 6.73. The normalized spacial score (nSPS) is 17.0. The molecule has 0 atom stereocenters. The molecule has 1 aromatic rings. The van der Waals surface area contributed by atoms with E-state index >= 15 is 0 Å². The van der Waals surface area contributed by atoms with Crippen LogP contribution in [0.5, 0.6) is 0 Å². The van der Waals surface area contributed by atoms with Crippen molar-refractivity contribution in [2.75, 3.05) is 0 Å². The Hall–Kier alpha value is -0.380. The van der Waals surface area contributed by atoms with Gasteiger partial charge < -0.3 is 0 Å². The van der Waals surface area contributed by atoms with E-state index in [9.17, 15) is 4.39 Å². The Morgan fingerprint density at radius 2 is 2.88 bits per heavy atom. The molecule has 44 valence electrons. The number of halogens is 2. The van der Waals surface area contributed by atoms with E-state index in [2.05, 4.69) is 21.0 Å². The highest BCUT2D eigenvalue weighted by atomic mass is 79.9. The first kappa shape index (κ1) is 2.96. The molecule has 0 aliphatic rings. The summed E-state index contributed by atoms with van der Waals surface area (Å²) in [4.78, 5) is 0. The summed E-state index contributed by atoms with van der Waals surface area (Å²) in [5, 5.41) is 3.12. The largest absolute Gasteiger partial charge is 0.272 e. The molecule has 0 amide bonds. The van der Waals surface area contributed by atoms with Crippen LogP contribution in [0.4, 0.5) is 4.39 Å². The molecule has 0 unspecified atom stereocenters.